The molecule has 1 heterocycles. The van der Waals surface area contributed by atoms with Gasteiger partial charge in [-0.3, -0.25) is 4.79 Å². The largest absolute Gasteiger partial charge is 0.486 e. The summed E-state index contributed by atoms with van der Waals surface area (Å²) >= 11 is 0. The molecule has 2 rings (SSSR count). The summed E-state index contributed by atoms with van der Waals surface area (Å²) in [5.41, 5.74) is 0.839. The second-order valence-corrected chi connectivity index (χ2v) is 3.75. The second kappa shape index (κ2) is 4.99. The summed E-state index contributed by atoms with van der Waals surface area (Å²) < 4.78 is 10.8. The number of para-hydroxylation sites is 2. The molecule has 1 aromatic rings. The van der Waals surface area contributed by atoms with E-state index in [9.17, 15) is 4.79 Å². The molecule has 0 radical (unpaired) electrons. The van der Waals surface area contributed by atoms with Gasteiger partial charge < -0.3 is 14.4 Å². The molecular formula is C12H15NO3. The van der Waals surface area contributed by atoms with Gasteiger partial charge in [-0.25, -0.2) is 0 Å². The van der Waals surface area contributed by atoms with Crippen molar-refractivity contribution in [2.24, 2.45) is 0 Å². The molecule has 0 unspecified atom stereocenters. The molecule has 0 fully saturated rings. The van der Waals surface area contributed by atoms with Gasteiger partial charge in [0.2, 0.25) is 6.41 Å². The normalized spacial score (nSPS) is 18.8. The zero-order valence-electron chi connectivity index (χ0n) is 9.26. The van der Waals surface area contributed by atoms with Gasteiger partial charge in [0.05, 0.1) is 12.2 Å². The summed E-state index contributed by atoms with van der Waals surface area (Å²) in [4.78, 5) is 12.7. The molecule has 1 amide bonds. The molecule has 16 heavy (non-hydrogen) atoms. The molecule has 86 valence electrons. The molecular weight excluding hydrogens is 206 g/mol. The Morgan fingerprint density at radius 3 is 3.12 bits per heavy atom. The standard InChI is InChI=1S/C12H15NO3/c1-15-7-6-10-8-13(9-14)11-4-2-3-5-12(11)16-10/h2-5,9-10H,6-8H2,1H3/t10-/m0/s1. The number of rotatable bonds is 4. The van der Waals surface area contributed by atoms with Crippen LogP contribution in [0.2, 0.25) is 0 Å². The van der Waals surface area contributed by atoms with Gasteiger partial charge in [0.15, 0.2) is 0 Å². The van der Waals surface area contributed by atoms with Crippen molar-refractivity contribution in [3.63, 3.8) is 0 Å². The first-order valence-corrected chi connectivity index (χ1v) is 5.31. The van der Waals surface area contributed by atoms with E-state index >= 15 is 0 Å². The van der Waals surface area contributed by atoms with Crippen molar-refractivity contribution in [3.05, 3.63) is 24.3 Å². The van der Waals surface area contributed by atoms with E-state index in [0.717, 1.165) is 24.3 Å². The minimum Gasteiger partial charge on any atom is -0.486 e. The monoisotopic (exact) mass is 221 g/mol. The number of nitrogens with zero attached hydrogens (tertiary/aromatic N) is 1. The molecule has 0 aromatic heterocycles. The summed E-state index contributed by atoms with van der Waals surface area (Å²) in [6.07, 6.45) is 1.65. The van der Waals surface area contributed by atoms with E-state index in [2.05, 4.69) is 0 Å². The first-order chi connectivity index (χ1) is 7.85. The zero-order valence-corrected chi connectivity index (χ0v) is 9.26. The Balaban J connectivity index is 2.15. The van der Waals surface area contributed by atoms with Crippen molar-refractivity contribution >= 4 is 12.1 Å². The van der Waals surface area contributed by atoms with E-state index in [4.69, 9.17) is 9.47 Å². The van der Waals surface area contributed by atoms with Crippen molar-refractivity contribution in [3.8, 4) is 5.75 Å². The molecule has 4 heteroatoms. The fourth-order valence-corrected chi connectivity index (χ4v) is 1.83. The lowest BCUT2D eigenvalue weighted by molar-refractivity contribution is -0.108. The lowest BCUT2D eigenvalue weighted by atomic mass is 10.1. The van der Waals surface area contributed by atoms with Gasteiger partial charge in [0, 0.05) is 20.1 Å². The molecule has 1 atom stereocenters. The fraction of sp³-hybridized carbons (Fsp3) is 0.417. The van der Waals surface area contributed by atoms with Crippen LogP contribution in [0.5, 0.6) is 5.75 Å². The number of methoxy groups -OCH3 is 1. The van der Waals surface area contributed by atoms with Crippen LogP contribution in [-0.4, -0.2) is 32.8 Å². The number of amides is 1. The number of hydrogen-bond donors (Lipinski definition) is 0. The van der Waals surface area contributed by atoms with Crippen LogP contribution in [0.1, 0.15) is 6.42 Å². The predicted octanol–water partition coefficient (Wildman–Crippen LogP) is 1.45. The maximum absolute atomic E-state index is 11.0. The Hall–Kier alpha value is -1.55. The highest BCUT2D eigenvalue weighted by Crippen LogP contribution is 2.32. The average molecular weight is 221 g/mol. The third-order valence-corrected chi connectivity index (χ3v) is 2.64. The van der Waals surface area contributed by atoms with Crippen molar-refractivity contribution in [2.45, 2.75) is 12.5 Å². The van der Waals surface area contributed by atoms with E-state index < -0.39 is 0 Å². The third-order valence-electron chi connectivity index (χ3n) is 2.64. The maximum Gasteiger partial charge on any atom is 0.214 e. The number of ether oxygens (including phenoxy) is 2. The molecule has 1 aromatic carbocycles. The summed E-state index contributed by atoms with van der Waals surface area (Å²) in [5.74, 6) is 0.766. The van der Waals surface area contributed by atoms with Crippen LogP contribution in [-0.2, 0) is 9.53 Å². The summed E-state index contributed by atoms with van der Waals surface area (Å²) in [6, 6.07) is 7.57. The fourth-order valence-electron chi connectivity index (χ4n) is 1.83. The lowest BCUT2D eigenvalue weighted by Crippen LogP contribution is -2.39. The highest BCUT2D eigenvalue weighted by Gasteiger charge is 2.24. The number of fused-ring (bicyclic) bond motifs is 1. The Bertz CT molecular complexity index is 367. The van der Waals surface area contributed by atoms with Gasteiger partial charge in [-0.15, -0.1) is 0 Å². The minimum absolute atomic E-state index is 0.0139. The molecule has 0 saturated heterocycles. The van der Waals surface area contributed by atoms with E-state index in [1.165, 1.54) is 0 Å². The van der Waals surface area contributed by atoms with Gasteiger partial charge in [0.1, 0.15) is 11.9 Å². The zero-order chi connectivity index (χ0) is 11.4. The number of hydrogen-bond acceptors (Lipinski definition) is 3. The summed E-state index contributed by atoms with van der Waals surface area (Å²) in [7, 11) is 1.66. The van der Waals surface area contributed by atoms with Crippen LogP contribution in [0.3, 0.4) is 0 Å². The Labute approximate surface area is 94.8 Å². The maximum atomic E-state index is 11.0. The highest BCUT2D eigenvalue weighted by atomic mass is 16.5. The van der Waals surface area contributed by atoms with Crippen molar-refractivity contribution in [1.82, 2.24) is 0 Å². The molecule has 4 nitrogen and oxygen atoms in total. The van der Waals surface area contributed by atoms with Crippen LogP contribution in [0.15, 0.2) is 24.3 Å². The first-order valence-electron chi connectivity index (χ1n) is 5.31. The molecule has 1 aliphatic heterocycles. The Morgan fingerprint density at radius 1 is 1.56 bits per heavy atom. The lowest BCUT2D eigenvalue weighted by Gasteiger charge is -2.32. The minimum atomic E-state index is 0.0139. The molecule has 0 spiro atoms. The van der Waals surface area contributed by atoms with E-state index in [0.29, 0.717) is 13.2 Å². The van der Waals surface area contributed by atoms with Crippen LogP contribution in [0, 0.1) is 0 Å². The van der Waals surface area contributed by atoms with Crippen molar-refractivity contribution < 1.29 is 14.3 Å². The predicted molar refractivity (Wildman–Crippen MR) is 60.8 cm³/mol. The average Bonchev–Trinajstić information content (AvgIpc) is 2.35. The smallest absolute Gasteiger partial charge is 0.214 e. The number of anilines is 1. The Kier molecular flexibility index (Phi) is 3.41. The second-order valence-electron chi connectivity index (χ2n) is 3.75. The van der Waals surface area contributed by atoms with Gasteiger partial charge in [0.25, 0.3) is 0 Å². The van der Waals surface area contributed by atoms with Gasteiger partial charge >= 0.3 is 0 Å². The number of carbonyl (C=O) groups is 1. The van der Waals surface area contributed by atoms with Gasteiger partial charge in [-0.1, -0.05) is 12.1 Å². The van der Waals surface area contributed by atoms with Crippen LogP contribution >= 0.6 is 0 Å². The van der Waals surface area contributed by atoms with Gasteiger partial charge in [-0.2, -0.15) is 0 Å². The topological polar surface area (TPSA) is 38.8 Å². The van der Waals surface area contributed by atoms with Crippen LogP contribution in [0.25, 0.3) is 0 Å². The number of benzene rings is 1. The highest BCUT2D eigenvalue weighted by molar-refractivity contribution is 5.79. The van der Waals surface area contributed by atoms with Crippen molar-refractivity contribution in [1.29, 1.82) is 0 Å². The summed E-state index contributed by atoms with van der Waals surface area (Å²) in [5, 5.41) is 0. The van der Waals surface area contributed by atoms with Gasteiger partial charge in [-0.05, 0) is 12.1 Å². The SMILES string of the molecule is COCC[C@H]1CN(C=O)c2ccccc2O1. The first kappa shape index (κ1) is 11.0. The van der Waals surface area contributed by atoms with Crippen molar-refractivity contribution in [2.75, 3.05) is 25.2 Å². The summed E-state index contributed by atoms with van der Waals surface area (Å²) in [6.45, 7) is 1.23. The van der Waals surface area contributed by atoms with E-state index in [1.807, 2.05) is 24.3 Å². The Morgan fingerprint density at radius 2 is 2.38 bits per heavy atom. The number of carbonyl (C=O) groups excluding carboxylic acids is 1. The van der Waals surface area contributed by atoms with E-state index in [-0.39, 0.29) is 6.10 Å². The van der Waals surface area contributed by atoms with Crippen LogP contribution in [0.4, 0.5) is 5.69 Å². The van der Waals surface area contributed by atoms with Crippen LogP contribution < -0.4 is 9.64 Å². The molecule has 0 aliphatic carbocycles. The molecule has 0 saturated carbocycles. The molecule has 0 N–H and O–H groups in total. The molecule has 1 aliphatic rings. The quantitative estimate of drug-likeness (QED) is 0.722. The molecule has 0 bridgehead atoms. The van der Waals surface area contributed by atoms with E-state index in [1.54, 1.807) is 12.0 Å². The third kappa shape index (κ3) is 2.17.